The summed E-state index contributed by atoms with van der Waals surface area (Å²) >= 11 is 0. The van der Waals surface area contributed by atoms with Crippen molar-refractivity contribution in [1.82, 2.24) is 5.32 Å². The van der Waals surface area contributed by atoms with E-state index in [4.69, 9.17) is 14.9 Å². The fourth-order valence-electron chi connectivity index (χ4n) is 3.10. The second kappa shape index (κ2) is 9.19. The van der Waals surface area contributed by atoms with Crippen molar-refractivity contribution < 1.29 is 28.9 Å². The Morgan fingerprint density at radius 2 is 1.60 bits per heavy atom. The van der Waals surface area contributed by atoms with Gasteiger partial charge in [-0.1, -0.05) is 36.4 Å². The summed E-state index contributed by atoms with van der Waals surface area (Å²) < 4.78 is 19.1. The highest BCUT2D eigenvalue weighted by atomic mass is 19.1. The van der Waals surface area contributed by atoms with Gasteiger partial charge in [0.2, 0.25) is 0 Å². The Bertz CT molecular complexity index is 1050. The fourth-order valence-corrected chi connectivity index (χ4v) is 3.10. The van der Waals surface area contributed by atoms with Crippen molar-refractivity contribution in [3.63, 3.8) is 0 Å². The Labute approximate surface area is 172 Å². The number of aromatic carboxylic acids is 2. The van der Waals surface area contributed by atoms with Crippen LogP contribution in [-0.2, 0) is 6.42 Å². The van der Waals surface area contributed by atoms with Crippen LogP contribution in [-0.4, -0.2) is 35.4 Å². The molecule has 0 amide bonds. The molecule has 0 fully saturated rings. The van der Waals surface area contributed by atoms with Crippen molar-refractivity contribution in [2.75, 3.05) is 7.05 Å². The number of halogens is 1. The summed E-state index contributed by atoms with van der Waals surface area (Å²) in [5.41, 5.74) is 2.93. The number of fused-ring (bicyclic) bond motifs is 1. The van der Waals surface area contributed by atoms with E-state index in [0.29, 0.717) is 0 Å². The first-order valence-electron chi connectivity index (χ1n) is 9.17. The average molecular weight is 409 g/mol. The van der Waals surface area contributed by atoms with Crippen LogP contribution in [0, 0.1) is 5.82 Å². The van der Waals surface area contributed by atoms with Gasteiger partial charge in [0.1, 0.15) is 11.6 Å². The van der Waals surface area contributed by atoms with E-state index in [0.717, 1.165) is 34.9 Å². The summed E-state index contributed by atoms with van der Waals surface area (Å²) in [6, 6.07) is 17.8. The van der Waals surface area contributed by atoms with Crippen LogP contribution in [0.3, 0.4) is 0 Å². The van der Waals surface area contributed by atoms with Gasteiger partial charge >= 0.3 is 11.9 Å². The highest BCUT2D eigenvalue weighted by Gasteiger charge is 2.24. The third-order valence-electron chi connectivity index (χ3n) is 4.58. The molecule has 3 aromatic carbocycles. The van der Waals surface area contributed by atoms with Crippen LogP contribution in [0.1, 0.15) is 26.3 Å². The van der Waals surface area contributed by atoms with E-state index in [1.54, 1.807) is 6.07 Å². The molecule has 1 aliphatic heterocycles. The first-order chi connectivity index (χ1) is 14.4. The second-order valence-corrected chi connectivity index (χ2v) is 6.59. The van der Waals surface area contributed by atoms with Crippen LogP contribution >= 0.6 is 0 Å². The van der Waals surface area contributed by atoms with E-state index in [-0.39, 0.29) is 23.2 Å². The third kappa shape index (κ3) is 4.82. The minimum absolute atomic E-state index is 0.00899. The number of rotatable bonds is 4. The number of hydrogen-bond donors (Lipinski definition) is 3. The highest BCUT2D eigenvalue weighted by Crippen LogP contribution is 2.38. The van der Waals surface area contributed by atoms with Gasteiger partial charge in [0.25, 0.3) is 0 Å². The summed E-state index contributed by atoms with van der Waals surface area (Å²) in [5, 5.41) is 20.1. The van der Waals surface area contributed by atoms with Crippen LogP contribution < -0.4 is 10.1 Å². The number of ether oxygens (including phenoxy) is 1. The van der Waals surface area contributed by atoms with Crippen LogP contribution in [0.15, 0.2) is 66.7 Å². The molecule has 1 unspecified atom stereocenters. The largest absolute Gasteiger partial charge is 0.478 e. The summed E-state index contributed by atoms with van der Waals surface area (Å²) in [7, 11) is 1.87. The van der Waals surface area contributed by atoms with Crippen LogP contribution in [0.4, 0.5) is 4.39 Å². The predicted octanol–water partition coefficient (Wildman–Crippen LogP) is 4.06. The quantitative estimate of drug-likeness (QED) is 0.602. The first kappa shape index (κ1) is 21.0. The molecular formula is C23H20FNO5. The molecule has 3 aromatic rings. The molecular weight excluding hydrogens is 389 g/mol. The lowest BCUT2D eigenvalue weighted by molar-refractivity contribution is 0.0696. The normalized spacial score (nSPS) is 14.1. The van der Waals surface area contributed by atoms with Crippen molar-refractivity contribution in [2.24, 2.45) is 0 Å². The monoisotopic (exact) mass is 409 g/mol. The van der Waals surface area contributed by atoms with E-state index in [1.807, 2.05) is 25.2 Å². The lowest BCUT2D eigenvalue weighted by Gasteiger charge is -2.11. The van der Waals surface area contributed by atoms with Gasteiger partial charge in [-0.2, -0.15) is 0 Å². The predicted molar refractivity (Wildman–Crippen MR) is 109 cm³/mol. The smallest absolute Gasteiger partial charge is 0.335 e. The molecule has 0 saturated carbocycles. The van der Waals surface area contributed by atoms with E-state index >= 15 is 0 Å². The molecule has 4 rings (SSSR count). The van der Waals surface area contributed by atoms with Crippen molar-refractivity contribution in [3.8, 4) is 16.9 Å². The van der Waals surface area contributed by atoms with Crippen molar-refractivity contribution >= 4 is 11.9 Å². The Morgan fingerprint density at radius 3 is 2.20 bits per heavy atom. The Morgan fingerprint density at radius 1 is 0.967 bits per heavy atom. The SMILES string of the molecule is CNC1Cc2cccc(-c3cccc(F)c3)c2O1.O=C(O)c1cccc(C(=O)O)c1. The van der Waals surface area contributed by atoms with Gasteiger partial charge in [-0.15, -0.1) is 0 Å². The molecule has 1 atom stereocenters. The Balaban J connectivity index is 0.000000187. The molecule has 154 valence electrons. The van der Waals surface area contributed by atoms with Crippen LogP contribution in [0.5, 0.6) is 5.75 Å². The van der Waals surface area contributed by atoms with Gasteiger partial charge in [0.05, 0.1) is 11.1 Å². The second-order valence-electron chi connectivity index (χ2n) is 6.59. The number of hydrogen-bond acceptors (Lipinski definition) is 4. The molecule has 0 spiro atoms. The van der Waals surface area contributed by atoms with Gasteiger partial charge in [0, 0.05) is 12.0 Å². The van der Waals surface area contributed by atoms with Gasteiger partial charge in [-0.3, -0.25) is 5.32 Å². The van der Waals surface area contributed by atoms with Crippen molar-refractivity contribution in [1.29, 1.82) is 0 Å². The van der Waals surface area contributed by atoms with Gasteiger partial charge < -0.3 is 14.9 Å². The molecule has 0 bridgehead atoms. The lowest BCUT2D eigenvalue weighted by atomic mass is 10.0. The van der Waals surface area contributed by atoms with Crippen LogP contribution in [0.25, 0.3) is 11.1 Å². The minimum atomic E-state index is -1.13. The molecule has 6 nitrogen and oxygen atoms in total. The molecule has 1 heterocycles. The topological polar surface area (TPSA) is 95.9 Å². The number of carboxylic acids is 2. The Hall–Kier alpha value is -3.71. The molecule has 0 aliphatic carbocycles. The summed E-state index contributed by atoms with van der Waals surface area (Å²) in [4.78, 5) is 20.8. The Kier molecular flexibility index (Phi) is 6.44. The molecule has 7 heteroatoms. The van der Waals surface area contributed by atoms with E-state index < -0.39 is 11.9 Å². The summed E-state index contributed by atoms with van der Waals surface area (Å²) in [5.74, 6) is -1.62. The maximum absolute atomic E-state index is 13.3. The van der Waals surface area contributed by atoms with Crippen molar-refractivity contribution in [2.45, 2.75) is 12.6 Å². The number of likely N-dealkylation sites (N-methyl/N-ethyl adjacent to an activating group) is 1. The standard InChI is InChI=1S/C15H14FNO.C8H6O4/c1-17-14-9-11-5-3-7-13(15(11)18-14)10-4-2-6-12(16)8-10;9-7(10)5-2-1-3-6(4-5)8(11)12/h2-8,14,17H,9H2,1H3;1-4H,(H,9,10)(H,11,12). The molecule has 30 heavy (non-hydrogen) atoms. The maximum atomic E-state index is 13.3. The van der Waals surface area contributed by atoms with Gasteiger partial charge in [0.15, 0.2) is 6.23 Å². The lowest BCUT2D eigenvalue weighted by Crippen LogP contribution is -2.29. The molecule has 0 radical (unpaired) electrons. The summed E-state index contributed by atoms with van der Waals surface area (Å²) in [6.45, 7) is 0. The zero-order valence-electron chi connectivity index (χ0n) is 16.1. The zero-order valence-corrected chi connectivity index (χ0v) is 16.1. The average Bonchev–Trinajstić information content (AvgIpc) is 3.18. The highest BCUT2D eigenvalue weighted by molar-refractivity contribution is 5.93. The minimum Gasteiger partial charge on any atom is -0.478 e. The third-order valence-corrected chi connectivity index (χ3v) is 4.58. The molecule has 0 aromatic heterocycles. The number of benzene rings is 3. The van der Waals surface area contributed by atoms with E-state index in [1.165, 1.54) is 30.3 Å². The van der Waals surface area contributed by atoms with E-state index in [9.17, 15) is 14.0 Å². The van der Waals surface area contributed by atoms with Gasteiger partial charge in [-0.05, 0) is 48.5 Å². The van der Waals surface area contributed by atoms with Gasteiger partial charge in [-0.25, -0.2) is 14.0 Å². The number of nitrogens with one attached hydrogen (secondary N) is 1. The van der Waals surface area contributed by atoms with Crippen LogP contribution in [0.2, 0.25) is 0 Å². The molecule has 0 saturated heterocycles. The molecule has 1 aliphatic rings. The summed E-state index contributed by atoms with van der Waals surface area (Å²) in [6.07, 6.45) is 0.851. The molecule has 3 N–H and O–H groups in total. The zero-order chi connectivity index (χ0) is 21.7. The number of carboxylic acid groups (broad SMARTS) is 2. The van der Waals surface area contributed by atoms with Crippen molar-refractivity contribution in [3.05, 3.63) is 89.2 Å². The fraction of sp³-hybridized carbons (Fsp3) is 0.130. The number of carbonyl (C=O) groups is 2. The first-order valence-corrected chi connectivity index (χ1v) is 9.17. The maximum Gasteiger partial charge on any atom is 0.335 e. The number of para-hydroxylation sites is 1. The van der Waals surface area contributed by atoms with E-state index in [2.05, 4.69) is 11.4 Å².